The highest BCUT2D eigenvalue weighted by molar-refractivity contribution is 6.31. The second kappa shape index (κ2) is 8.20. The molecular formula is C22H21ClN4O3. The average molecular weight is 425 g/mol. The molecule has 0 spiro atoms. The second-order valence-electron chi connectivity index (χ2n) is 7.28. The number of anilines is 2. The molecule has 8 heteroatoms. The second-order valence-corrected chi connectivity index (χ2v) is 7.69. The van der Waals surface area contributed by atoms with Gasteiger partial charge in [0.15, 0.2) is 11.4 Å². The molecule has 1 aliphatic carbocycles. The molecule has 154 valence electrons. The van der Waals surface area contributed by atoms with Crippen LogP contribution in [0.1, 0.15) is 28.8 Å². The Bertz CT molecular complexity index is 1170. The van der Waals surface area contributed by atoms with Crippen molar-refractivity contribution in [1.82, 2.24) is 15.1 Å². The summed E-state index contributed by atoms with van der Waals surface area (Å²) < 4.78 is 7.13. The fourth-order valence-corrected chi connectivity index (χ4v) is 3.02. The zero-order valence-corrected chi connectivity index (χ0v) is 17.4. The molecule has 2 N–H and O–H groups in total. The van der Waals surface area contributed by atoms with E-state index in [-0.39, 0.29) is 28.9 Å². The van der Waals surface area contributed by atoms with Crippen LogP contribution >= 0.6 is 11.6 Å². The summed E-state index contributed by atoms with van der Waals surface area (Å²) in [5.74, 6) is 0.678. The van der Waals surface area contributed by atoms with Crippen LogP contribution in [0.2, 0.25) is 5.02 Å². The summed E-state index contributed by atoms with van der Waals surface area (Å²) in [4.78, 5) is 25.1. The van der Waals surface area contributed by atoms with E-state index in [4.69, 9.17) is 16.3 Å². The Balaban J connectivity index is 1.63. The number of carbonyl (C=O) groups is 1. The van der Waals surface area contributed by atoms with Gasteiger partial charge in [0.1, 0.15) is 5.75 Å². The minimum Gasteiger partial charge on any atom is -0.453 e. The molecule has 4 rings (SSSR count). The molecule has 1 aliphatic rings. The molecule has 1 saturated carbocycles. The Labute approximate surface area is 178 Å². The summed E-state index contributed by atoms with van der Waals surface area (Å²) in [6.07, 6.45) is 3.50. The number of hydrogen-bond acceptors (Lipinski definition) is 5. The average Bonchev–Trinajstić information content (AvgIpc) is 3.54. The van der Waals surface area contributed by atoms with E-state index in [9.17, 15) is 9.59 Å². The summed E-state index contributed by atoms with van der Waals surface area (Å²) in [6, 6.07) is 12.5. The normalized spacial score (nSPS) is 13.0. The Morgan fingerprint density at radius 1 is 1.23 bits per heavy atom. The maximum atomic E-state index is 12.7. The molecule has 1 aromatic heterocycles. The minimum absolute atomic E-state index is 0.128. The van der Waals surface area contributed by atoms with Gasteiger partial charge in [0.05, 0.1) is 6.20 Å². The van der Waals surface area contributed by atoms with Gasteiger partial charge in [-0.15, -0.1) is 0 Å². The van der Waals surface area contributed by atoms with Gasteiger partial charge in [0, 0.05) is 29.4 Å². The van der Waals surface area contributed by atoms with Crippen LogP contribution < -0.4 is 20.9 Å². The molecule has 1 amide bonds. The van der Waals surface area contributed by atoms with Crippen molar-refractivity contribution in [3.05, 3.63) is 75.2 Å². The maximum absolute atomic E-state index is 12.7. The third kappa shape index (κ3) is 4.46. The van der Waals surface area contributed by atoms with Crippen molar-refractivity contribution < 1.29 is 9.53 Å². The molecule has 7 nitrogen and oxygen atoms in total. The van der Waals surface area contributed by atoms with E-state index >= 15 is 0 Å². The lowest BCUT2D eigenvalue weighted by molar-refractivity contribution is 0.0951. The molecule has 2 aromatic carbocycles. The van der Waals surface area contributed by atoms with Gasteiger partial charge in [-0.3, -0.25) is 9.59 Å². The zero-order chi connectivity index (χ0) is 21.3. The number of halogens is 1. The lowest BCUT2D eigenvalue weighted by atomic mass is 10.2. The Kier molecular flexibility index (Phi) is 5.46. The minimum atomic E-state index is -0.356. The van der Waals surface area contributed by atoms with Gasteiger partial charge in [-0.2, -0.15) is 5.10 Å². The first-order valence-electron chi connectivity index (χ1n) is 9.59. The number of aryl methyl sites for hydroxylation is 2. The van der Waals surface area contributed by atoms with Crippen molar-refractivity contribution in [2.24, 2.45) is 7.05 Å². The van der Waals surface area contributed by atoms with Crippen LogP contribution in [0.15, 0.2) is 53.5 Å². The van der Waals surface area contributed by atoms with Gasteiger partial charge in [-0.25, -0.2) is 4.68 Å². The van der Waals surface area contributed by atoms with Crippen molar-refractivity contribution in [2.75, 3.05) is 5.32 Å². The predicted molar refractivity (Wildman–Crippen MR) is 116 cm³/mol. The highest BCUT2D eigenvalue weighted by Crippen LogP contribution is 2.30. The van der Waals surface area contributed by atoms with Crippen LogP contribution in [0.5, 0.6) is 11.5 Å². The number of nitrogens with zero attached hydrogens (tertiary/aromatic N) is 2. The molecule has 0 saturated heterocycles. The number of hydrogen-bond donors (Lipinski definition) is 2. The van der Waals surface area contributed by atoms with Gasteiger partial charge in [0.2, 0.25) is 0 Å². The topological polar surface area (TPSA) is 85.2 Å². The summed E-state index contributed by atoms with van der Waals surface area (Å²) in [5.41, 5.74) is 1.84. The highest BCUT2D eigenvalue weighted by Gasteiger charge is 2.24. The number of rotatable bonds is 6. The quantitative estimate of drug-likeness (QED) is 0.620. The van der Waals surface area contributed by atoms with E-state index in [2.05, 4.69) is 15.7 Å². The molecular weight excluding hydrogens is 404 g/mol. The molecule has 1 fully saturated rings. The smallest absolute Gasteiger partial charge is 0.294 e. The highest BCUT2D eigenvalue weighted by atomic mass is 35.5. The molecule has 0 unspecified atom stereocenters. The lowest BCUT2D eigenvalue weighted by Gasteiger charge is -2.14. The SMILES string of the molecule is Cc1cc(Oc2cnn(C)c(=O)c2Nc2cccc(C(=O)NC3CC3)c2)ccc1Cl. The Morgan fingerprint density at radius 3 is 2.77 bits per heavy atom. The van der Waals surface area contributed by atoms with Gasteiger partial charge in [0.25, 0.3) is 11.5 Å². The standard InChI is InChI=1S/C22H21ClN4O3/c1-13-10-17(8-9-18(13)23)30-19-12-24-27(2)22(29)20(19)25-16-5-3-4-14(11-16)21(28)26-15-6-7-15/h3-5,8-12,15,25H,6-7H2,1-2H3,(H,26,28). The number of carbonyl (C=O) groups excluding carboxylic acids is 1. The van der Waals surface area contributed by atoms with Crippen LogP contribution in [0.3, 0.4) is 0 Å². The fourth-order valence-electron chi connectivity index (χ4n) is 2.90. The number of benzene rings is 2. The third-order valence-corrected chi connectivity index (χ3v) is 5.19. The van der Waals surface area contributed by atoms with Gasteiger partial charge in [-0.05, 0) is 61.7 Å². The predicted octanol–water partition coefficient (Wildman–Crippen LogP) is 4.17. The maximum Gasteiger partial charge on any atom is 0.294 e. The van der Waals surface area contributed by atoms with Crippen molar-refractivity contribution in [1.29, 1.82) is 0 Å². The number of amides is 1. The third-order valence-electron chi connectivity index (χ3n) is 4.77. The van der Waals surface area contributed by atoms with Crippen molar-refractivity contribution in [3.63, 3.8) is 0 Å². The molecule has 0 radical (unpaired) electrons. The van der Waals surface area contributed by atoms with Crippen LogP contribution in [-0.2, 0) is 7.05 Å². The van der Waals surface area contributed by atoms with E-state index in [1.165, 1.54) is 10.9 Å². The molecule has 0 aliphatic heterocycles. The molecule has 30 heavy (non-hydrogen) atoms. The van der Waals surface area contributed by atoms with E-state index in [0.29, 0.717) is 22.0 Å². The van der Waals surface area contributed by atoms with Gasteiger partial charge < -0.3 is 15.4 Å². The number of ether oxygens (including phenoxy) is 1. The molecule has 0 bridgehead atoms. The summed E-state index contributed by atoms with van der Waals surface area (Å²) in [7, 11) is 1.56. The molecule has 0 atom stereocenters. The largest absolute Gasteiger partial charge is 0.453 e. The van der Waals surface area contributed by atoms with E-state index in [1.54, 1.807) is 49.5 Å². The number of aromatic nitrogens is 2. The Hall–Kier alpha value is -3.32. The van der Waals surface area contributed by atoms with Crippen LogP contribution in [-0.4, -0.2) is 21.7 Å². The van der Waals surface area contributed by atoms with Crippen molar-refractivity contribution in [3.8, 4) is 11.5 Å². The molecule has 3 aromatic rings. The van der Waals surface area contributed by atoms with Crippen LogP contribution in [0.25, 0.3) is 0 Å². The summed E-state index contributed by atoms with van der Waals surface area (Å²) >= 11 is 6.08. The van der Waals surface area contributed by atoms with E-state index in [0.717, 1.165) is 18.4 Å². The van der Waals surface area contributed by atoms with Crippen molar-refractivity contribution >= 4 is 28.9 Å². The first-order chi connectivity index (χ1) is 14.4. The van der Waals surface area contributed by atoms with Gasteiger partial charge >= 0.3 is 0 Å². The van der Waals surface area contributed by atoms with Crippen LogP contribution in [0, 0.1) is 6.92 Å². The lowest BCUT2D eigenvalue weighted by Crippen LogP contribution is -2.25. The Morgan fingerprint density at radius 2 is 2.03 bits per heavy atom. The molecule has 1 heterocycles. The van der Waals surface area contributed by atoms with Gasteiger partial charge in [-0.1, -0.05) is 17.7 Å². The first-order valence-corrected chi connectivity index (χ1v) is 9.97. The zero-order valence-electron chi connectivity index (χ0n) is 16.6. The summed E-state index contributed by atoms with van der Waals surface area (Å²) in [6.45, 7) is 1.87. The van der Waals surface area contributed by atoms with E-state index in [1.807, 2.05) is 6.92 Å². The van der Waals surface area contributed by atoms with Crippen molar-refractivity contribution in [2.45, 2.75) is 25.8 Å². The monoisotopic (exact) mass is 424 g/mol. The fraction of sp³-hybridized carbons (Fsp3) is 0.227. The summed E-state index contributed by atoms with van der Waals surface area (Å²) in [5, 5.41) is 10.7. The first kappa shape index (κ1) is 20.0. The van der Waals surface area contributed by atoms with E-state index < -0.39 is 0 Å². The van der Waals surface area contributed by atoms with Crippen LogP contribution in [0.4, 0.5) is 11.4 Å². The number of nitrogens with one attached hydrogen (secondary N) is 2.